The summed E-state index contributed by atoms with van der Waals surface area (Å²) in [5, 5.41) is 3.17. The third-order valence-electron chi connectivity index (χ3n) is 1.74. The Kier molecular flexibility index (Phi) is 3.14. The Bertz CT molecular complexity index is 243. The molecule has 2 rings (SSSR count). The maximum absolute atomic E-state index is 5.38. The number of nitrogens with one attached hydrogen (secondary N) is 1. The number of aryl methyl sites for hydroxylation is 1. The van der Waals surface area contributed by atoms with Crippen LogP contribution in [0.2, 0.25) is 0 Å². The number of ether oxygens (including phenoxy) is 1. The number of halogens is 1. The van der Waals surface area contributed by atoms with Gasteiger partial charge in [-0.1, -0.05) is 0 Å². The first-order valence-electron chi connectivity index (χ1n) is 3.77. The molecule has 1 fully saturated rings. The van der Waals surface area contributed by atoms with Gasteiger partial charge in [-0.05, 0) is 19.1 Å². The SMILES string of the molecule is Cc1ccc(C2NCCO2)o1.Cl. The smallest absolute Gasteiger partial charge is 0.167 e. The predicted octanol–water partition coefficient (Wildman–Crippen LogP) is 1.63. The molecule has 1 saturated heterocycles. The van der Waals surface area contributed by atoms with Crippen molar-refractivity contribution in [1.82, 2.24) is 5.32 Å². The quantitative estimate of drug-likeness (QED) is 0.729. The summed E-state index contributed by atoms with van der Waals surface area (Å²) in [5.74, 6) is 1.80. The van der Waals surface area contributed by atoms with Crippen LogP contribution in [0.3, 0.4) is 0 Å². The summed E-state index contributed by atoms with van der Waals surface area (Å²) in [5.41, 5.74) is 0. The van der Waals surface area contributed by atoms with Crippen LogP contribution in [0.1, 0.15) is 17.7 Å². The molecule has 12 heavy (non-hydrogen) atoms. The molecule has 3 nitrogen and oxygen atoms in total. The zero-order valence-corrected chi connectivity index (χ0v) is 7.69. The van der Waals surface area contributed by atoms with Crippen LogP contribution in [0.25, 0.3) is 0 Å². The highest BCUT2D eigenvalue weighted by molar-refractivity contribution is 5.85. The summed E-state index contributed by atoms with van der Waals surface area (Å²) < 4.78 is 10.7. The molecule has 2 heterocycles. The lowest BCUT2D eigenvalue weighted by Crippen LogP contribution is -2.12. The number of rotatable bonds is 1. The number of hydrogen-bond donors (Lipinski definition) is 1. The Labute approximate surface area is 77.5 Å². The summed E-state index contributed by atoms with van der Waals surface area (Å²) >= 11 is 0. The number of hydrogen-bond acceptors (Lipinski definition) is 3. The lowest BCUT2D eigenvalue weighted by molar-refractivity contribution is 0.0825. The standard InChI is InChI=1S/C8H11NO2.ClH/c1-6-2-3-7(11-6)8-9-4-5-10-8;/h2-3,8-9H,4-5H2,1H3;1H. The molecule has 0 radical (unpaired) electrons. The zero-order chi connectivity index (χ0) is 7.68. The average molecular weight is 190 g/mol. The molecule has 1 N–H and O–H groups in total. The maximum Gasteiger partial charge on any atom is 0.167 e. The number of furan rings is 1. The van der Waals surface area contributed by atoms with Crippen LogP contribution < -0.4 is 5.32 Å². The van der Waals surface area contributed by atoms with E-state index < -0.39 is 0 Å². The van der Waals surface area contributed by atoms with Crippen LogP contribution in [-0.4, -0.2) is 13.2 Å². The van der Waals surface area contributed by atoms with Crippen LogP contribution in [0, 0.1) is 6.92 Å². The highest BCUT2D eigenvalue weighted by Crippen LogP contribution is 2.19. The molecule has 4 heteroatoms. The Morgan fingerprint density at radius 3 is 2.83 bits per heavy atom. The molecule has 1 unspecified atom stereocenters. The van der Waals surface area contributed by atoms with Gasteiger partial charge in [0.2, 0.25) is 0 Å². The van der Waals surface area contributed by atoms with Crippen LogP contribution in [0.5, 0.6) is 0 Å². The fourth-order valence-electron chi connectivity index (χ4n) is 1.20. The fraction of sp³-hybridized carbons (Fsp3) is 0.500. The summed E-state index contributed by atoms with van der Waals surface area (Å²) in [6.45, 7) is 3.60. The van der Waals surface area contributed by atoms with Crippen molar-refractivity contribution in [3.05, 3.63) is 23.7 Å². The van der Waals surface area contributed by atoms with Crippen LogP contribution >= 0.6 is 12.4 Å². The minimum atomic E-state index is -0.0244. The third kappa shape index (κ3) is 1.80. The molecule has 0 bridgehead atoms. The minimum Gasteiger partial charge on any atom is -0.462 e. The van der Waals surface area contributed by atoms with E-state index >= 15 is 0 Å². The molecule has 1 aromatic heterocycles. The van der Waals surface area contributed by atoms with Crippen molar-refractivity contribution in [2.24, 2.45) is 0 Å². The normalized spacial score (nSPS) is 22.2. The van der Waals surface area contributed by atoms with E-state index in [4.69, 9.17) is 9.15 Å². The molecule has 0 aromatic carbocycles. The van der Waals surface area contributed by atoms with E-state index in [0.717, 1.165) is 24.7 Å². The maximum atomic E-state index is 5.38. The Balaban J connectivity index is 0.000000720. The van der Waals surface area contributed by atoms with Crippen molar-refractivity contribution in [3.63, 3.8) is 0 Å². The molecule has 0 amide bonds. The Morgan fingerprint density at radius 2 is 2.33 bits per heavy atom. The van der Waals surface area contributed by atoms with Gasteiger partial charge >= 0.3 is 0 Å². The molecule has 68 valence electrons. The first kappa shape index (κ1) is 9.58. The highest BCUT2D eigenvalue weighted by atomic mass is 35.5. The van der Waals surface area contributed by atoms with Gasteiger partial charge in [-0.25, -0.2) is 0 Å². The van der Waals surface area contributed by atoms with Gasteiger partial charge in [0.15, 0.2) is 6.23 Å². The van der Waals surface area contributed by atoms with Crippen LogP contribution in [0.4, 0.5) is 0 Å². The van der Waals surface area contributed by atoms with E-state index in [1.807, 2.05) is 19.1 Å². The van der Waals surface area contributed by atoms with Crippen molar-refractivity contribution in [3.8, 4) is 0 Å². The van der Waals surface area contributed by atoms with Crippen molar-refractivity contribution in [2.45, 2.75) is 13.2 Å². The second-order valence-corrected chi connectivity index (χ2v) is 2.65. The summed E-state index contributed by atoms with van der Waals surface area (Å²) in [7, 11) is 0. The first-order valence-corrected chi connectivity index (χ1v) is 3.77. The van der Waals surface area contributed by atoms with Crippen molar-refractivity contribution < 1.29 is 9.15 Å². The molecule has 0 saturated carbocycles. The molecule has 1 aromatic rings. The van der Waals surface area contributed by atoms with Gasteiger partial charge in [0, 0.05) is 6.54 Å². The van der Waals surface area contributed by atoms with E-state index in [1.165, 1.54) is 0 Å². The summed E-state index contributed by atoms with van der Waals surface area (Å²) in [6, 6.07) is 3.89. The van der Waals surface area contributed by atoms with E-state index in [1.54, 1.807) is 0 Å². The predicted molar refractivity (Wildman–Crippen MR) is 47.4 cm³/mol. The van der Waals surface area contributed by atoms with Gasteiger partial charge in [0.1, 0.15) is 11.5 Å². The monoisotopic (exact) mass is 189 g/mol. The largest absolute Gasteiger partial charge is 0.462 e. The van der Waals surface area contributed by atoms with E-state index in [2.05, 4.69) is 5.32 Å². The minimum absolute atomic E-state index is 0. The van der Waals surface area contributed by atoms with E-state index in [0.29, 0.717) is 0 Å². The van der Waals surface area contributed by atoms with Gasteiger partial charge in [-0.15, -0.1) is 12.4 Å². The topological polar surface area (TPSA) is 34.4 Å². The summed E-state index contributed by atoms with van der Waals surface area (Å²) in [4.78, 5) is 0. The van der Waals surface area contributed by atoms with E-state index in [-0.39, 0.29) is 18.6 Å². The fourth-order valence-corrected chi connectivity index (χ4v) is 1.20. The second kappa shape index (κ2) is 3.94. The van der Waals surface area contributed by atoms with Gasteiger partial charge < -0.3 is 9.15 Å². The molecule has 1 atom stereocenters. The zero-order valence-electron chi connectivity index (χ0n) is 6.87. The van der Waals surface area contributed by atoms with Gasteiger partial charge in [-0.2, -0.15) is 0 Å². The molecular weight excluding hydrogens is 178 g/mol. The third-order valence-corrected chi connectivity index (χ3v) is 1.74. The average Bonchev–Trinajstić information content (AvgIpc) is 2.55. The van der Waals surface area contributed by atoms with Gasteiger partial charge in [0.25, 0.3) is 0 Å². The van der Waals surface area contributed by atoms with E-state index in [9.17, 15) is 0 Å². The lowest BCUT2D eigenvalue weighted by atomic mass is 10.4. The lowest BCUT2D eigenvalue weighted by Gasteiger charge is -2.04. The molecule has 1 aliphatic heterocycles. The van der Waals surface area contributed by atoms with Crippen LogP contribution in [-0.2, 0) is 4.74 Å². The molecule has 0 spiro atoms. The van der Waals surface area contributed by atoms with Crippen molar-refractivity contribution in [2.75, 3.05) is 13.2 Å². The van der Waals surface area contributed by atoms with Gasteiger partial charge in [-0.3, -0.25) is 5.32 Å². The van der Waals surface area contributed by atoms with Crippen molar-refractivity contribution in [1.29, 1.82) is 0 Å². The molecule has 0 aliphatic carbocycles. The Morgan fingerprint density at radius 1 is 1.50 bits per heavy atom. The Hall–Kier alpha value is -0.510. The molecular formula is C8H12ClNO2. The van der Waals surface area contributed by atoms with Crippen LogP contribution in [0.15, 0.2) is 16.5 Å². The highest BCUT2D eigenvalue weighted by Gasteiger charge is 2.19. The first-order chi connectivity index (χ1) is 5.36. The van der Waals surface area contributed by atoms with Gasteiger partial charge in [0.05, 0.1) is 6.61 Å². The van der Waals surface area contributed by atoms with Crippen molar-refractivity contribution >= 4 is 12.4 Å². The molecule has 1 aliphatic rings. The second-order valence-electron chi connectivity index (χ2n) is 2.65. The summed E-state index contributed by atoms with van der Waals surface area (Å²) in [6.07, 6.45) is -0.0244.